The van der Waals surface area contributed by atoms with Crippen LogP contribution in [0.15, 0.2) is 0 Å². The van der Waals surface area contributed by atoms with Gasteiger partial charge in [-0.3, -0.25) is 4.84 Å². The second-order valence-electron chi connectivity index (χ2n) is 3.24. The minimum atomic E-state index is -0.420. The zero-order chi connectivity index (χ0) is 9.68. The molecule has 3 N–H and O–H groups in total. The van der Waals surface area contributed by atoms with Gasteiger partial charge >= 0.3 is 6.03 Å². The lowest BCUT2D eigenvalue weighted by atomic mass is 9.93. The van der Waals surface area contributed by atoms with Crippen LogP contribution in [0.4, 0.5) is 4.79 Å². The summed E-state index contributed by atoms with van der Waals surface area (Å²) in [4.78, 5) is 15.4. The molecule has 0 saturated heterocycles. The molecule has 0 aromatic carbocycles. The highest BCUT2D eigenvalue weighted by Crippen LogP contribution is 2.17. The van der Waals surface area contributed by atoms with Crippen molar-refractivity contribution in [2.24, 2.45) is 0 Å². The summed E-state index contributed by atoms with van der Waals surface area (Å²) in [7, 11) is 1.37. The molecule has 0 aliphatic heterocycles. The number of carbonyl (C=O) groups excluding carboxylic acids is 1. The summed E-state index contributed by atoms with van der Waals surface area (Å²) in [6, 6.07) is -0.530. The standard InChI is InChI=1S/C8H16N2O3/c1-13-10-8(12)9-6-4-2-3-5-7(6)11/h6-7,11H,2-5H2,1H3,(H2,9,10,12). The van der Waals surface area contributed by atoms with Crippen molar-refractivity contribution in [3.8, 4) is 0 Å². The third-order valence-electron chi connectivity index (χ3n) is 2.24. The first-order valence-electron chi connectivity index (χ1n) is 4.51. The molecule has 1 aliphatic carbocycles. The zero-order valence-electron chi connectivity index (χ0n) is 7.75. The van der Waals surface area contributed by atoms with E-state index in [2.05, 4.69) is 15.6 Å². The van der Waals surface area contributed by atoms with Crippen molar-refractivity contribution in [1.29, 1.82) is 0 Å². The number of carbonyl (C=O) groups is 1. The van der Waals surface area contributed by atoms with E-state index in [4.69, 9.17) is 0 Å². The first-order valence-corrected chi connectivity index (χ1v) is 4.51. The van der Waals surface area contributed by atoms with E-state index in [0.717, 1.165) is 25.7 Å². The molecule has 1 rings (SSSR count). The molecule has 13 heavy (non-hydrogen) atoms. The molecule has 0 bridgehead atoms. The summed E-state index contributed by atoms with van der Waals surface area (Å²) in [5.74, 6) is 0. The van der Waals surface area contributed by atoms with Crippen LogP contribution in [-0.4, -0.2) is 30.4 Å². The van der Waals surface area contributed by atoms with E-state index in [1.54, 1.807) is 0 Å². The highest BCUT2D eigenvalue weighted by Gasteiger charge is 2.24. The molecule has 0 aromatic rings. The monoisotopic (exact) mass is 188 g/mol. The van der Waals surface area contributed by atoms with Crippen LogP contribution >= 0.6 is 0 Å². The lowest BCUT2D eigenvalue weighted by molar-refractivity contribution is 0.0775. The van der Waals surface area contributed by atoms with Crippen LogP contribution in [0.25, 0.3) is 0 Å². The number of aliphatic hydroxyl groups is 1. The Morgan fingerprint density at radius 1 is 1.46 bits per heavy atom. The van der Waals surface area contributed by atoms with E-state index in [0.29, 0.717) is 0 Å². The second-order valence-corrected chi connectivity index (χ2v) is 3.24. The number of urea groups is 1. The number of hydrogen-bond acceptors (Lipinski definition) is 3. The van der Waals surface area contributed by atoms with Crippen LogP contribution in [0.1, 0.15) is 25.7 Å². The highest BCUT2D eigenvalue weighted by atomic mass is 16.6. The van der Waals surface area contributed by atoms with Gasteiger partial charge in [-0.25, -0.2) is 10.3 Å². The molecule has 5 nitrogen and oxygen atoms in total. The predicted octanol–water partition coefficient (Wildman–Crippen LogP) is 0.150. The van der Waals surface area contributed by atoms with Gasteiger partial charge in [0.15, 0.2) is 0 Å². The van der Waals surface area contributed by atoms with E-state index in [1.807, 2.05) is 0 Å². The van der Waals surface area contributed by atoms with Crippen molar-refractivity contribution in [2.75, 3.05) is 7.11 Å². The molecule has 1 aliphatic rings. The second kappa shape index (κ2) is 5.04. The number of hydrogen-bond donors (Lipinski definition) is 3. The van der Waals surface area contributed by atoms with Crippen LogP contribution in [0.5, 0.6) is 0 Å². The average Bonchev–Trinajstić information content (AvgIpc) is 2.09. The maximum Gasteiger partial charge on any atom is 0.339 e. The van der Waals surface area contributed by atoms with Crippen molar-refractivity contribution in [1.82, 2.24) is 10.8 Å². The Kier molecular flexibility index (Phi) is 3.98. The largest absolute Gasteiger partial charge is 0.391 e. The van der Waals surface area contributed by atoms with Gasteiger partial charge < -0.3 is 10.4 Å². The Hall–Kier alpha value is -0.810. The van der Waals surface area contributed by atoms with Gasteiger partial charge in [0.1, 0.15) is 0 Å². The van der Waals surface area contributed by atoms with Crippen LogP contribution in [-0.2, 0) is 4.84 Å². The number of hydroxylamine groups is 1. The Bertz CT molecular complexity index is 175. The first-order chi connectivity index (χ1) is 6.24. The molecule has 5 heteroatoms. The van der Waals surface area contributed by atoms with Gasteiger partial charge in [0.2, 0.25) is 0 Å². The van der Waals surface area contributed by atoms with Crippen LogP contribution in [0.3, 0.4) is 0 Å². The number of aliphatic hydroxyl groups excluding tert-OH is 1. The molecular formula is C8H16N2O3. The minimum absolute atomic E-state index is 0.135. The first kappa shape index (κ1) is 10.3. The van der Waals surface area contributed by atoms with Gasteiger partial charge in [0, 0.05) is 0 Å². The van der Waals surface area contributed by atoms with Gasteiger partial charge in [-0.1, -0.05) is 12.8 Å². The molecule has 76 valence electrons. The smallest absolute Gasteiger partial charge is 0.339 e. The van der Waals surface area contributed by atoms with Crippen molar-refractivity contribution in [3.63, 3.8) is 0 Å². The van der Waals surface area contributed by atoms with Crippen molar-refractivity contribution >= 4 is 6.03 Å². The Morgan fingerprint density at radius 3 is 2.77 bits per heavy atom. The molecule has 0 spiro atoms. The number of rotatable bonds is 2. The highest BCUT2D eigenvalue weighted by molar-refractivity contribution is 5.73. The molecule has 2 unspecified atom stereocenters. The molecule has 0 heterocycles. The van der Waals surface area contributed by atoms with E-state index in [-0.39, 0.29) is 6.04 Å². The van der Waals surface area contributed by atoms with Gasteiger partial charge in [-0.15, -0.1) is 0 Å². The molecular weight excluding hydrogens is 172 g/mol. The average molecular weight is 188 g/mol. The van der Waals surface area contributed by atoms with E-state index in [9.17, 15) is 9.90 Å². The van der Waals surface area contributed by atoms with Crippen LogP contribution in [0.2, 0.25) is 0 Å². The summed E-state index contributed by atoms with van der Waals surface area (Å²) < 4.78 is 0. The third kappa shape index (κ3) is 3.20. The molecule has 1 saturated carbocycles. The maximum absolute atomic E-state index is 11.0. The summed E-state index contributed by atoms with van der Waals surface area (Å²) in [6.45, 7) is 0. The fourth-order valence-corrected chi connectivity index (χ4v) is 1.57. The molecule has 2 atom stereocenters. The third-order valence-corrected chi connectivity index (χ3v) is 2.24. The summed E-state index contributed by atoms with van der Waals surface area (Å²) >= 11 is 0. The number of nitrogens with one attached hydrogen (secondary N) is 2. The van der Waals surface area contributed by atoms with Crippen molar-refractivity contribution < 1.29 is 14.7 Å². The molecule has 0 radical (unpaired) electrons. The molecule has 0 aromatic heterocycles. The zero-order valence-corrected chi connectivity index (χ0v) is 7.75. The Morgan fingerprint density at radius 2 is 2.15 bits per heavy atom. The Balaban J connectivity index is 2.29. The summed E-state index contributed by atoms with van der Waals surface area (Å²) in [6.07, 6.45) is 3.26. The van der Waals surface area contributed by atoms with Crippen molar-refractivity contribution in [3.05, 3.63) is 0 Å². The van der Waals surface area contributed by atoms with E-state index >= 15 is 0 Å². The van der Waals surface area contributed by atoms with E-state index < -0.39 is 12.1 Å². The minimum Gasteiger partial charge on any atom is -0.391 e. The fraction of sp³-hybridized carbons (Fsp3) is 0.875. The lowest BCUT2D eigenvalue weighted by Crippen LogP contribution is -2.48. The molecule has 1 fully saturated rings. The van der Waals surface area contributed by atoms with Crippen LogP contribution in [0, 0.1) is 0 Å². The maximum atomic E-state index is 11.0. The summed E-state index contributed by atoms with van der Waals surface area (Å²) in [5.41, 5.74) is 2.15. The predicted molar refractivity (Wildman–Crippen MR) is 46.9 cm³/mol. The SMILES string of the molecule is CONC(=O)NC1CCCCC1O. The van der Waals surface area contributed by atoms with Crippen molar-refractivity contribution in [2.45, 2.75) is 37.8 Å². The lowest BCUT2D eigenvalue weighted by Gasteiger charge is -2.27. The van der Waals surface area contributed by atoms with Gasteiger partial charge in [-0.05, 0) is 12.8 Å². The van der Waals surface area contributed by atoms with Gasteiger partial charge in [-0.2, -0.15) is 0 Å². The van der Waals surface area contributed by atoms with Gasteiger partial charge in [0.05, 0.1) is 19.3 Å². The fourth-order valence-electron chi connectivity index (χ4n) is 1.57. The summed E-state index contributed by atoms with van der Waals surface area (Å²) in [5, 5.41) is 12.1. The molecule has 2 amide bonds. The Labute approximate surface area is 77.4 Å². The van der Waals surface area contributed by atoms with Gasteiger partial charge in [0.25, 0.3) is 0 Å². The number of amides is 2. The normalized spacial score (nSPS) is 28.2. The quantitative estimate of drug-likeness (QED) is 0.540. The topological polar surface area (TPSA) is 70.6 Å². The van der Waals surface area contributed by atoms with E-state index in [1.165, 1.54) is 7.11 Å². The van der Waals surface area contributed by atoms with Crippen LogP contribution < -0.4 is 10.8 Å².